The van der Waals surface area contributed by atoms with Gasteiger partial charge >= 0.3 is 0 Å². The summed E-state index contributed by atoms with van der Waals surface area (Å²) in [5.74, 6) is 1.73. The molecular weight excluding hydrogens is 505 g/mol. The van der Waals surface area contributed by atoms with Gasteiger partial charge in [0.1, 0.15) is 12.0 Å². The first-order chi connectivity index (χ1) is 13.7. The van der Waals surface area contributed by atoms with Crippen molar-refractivity contribution in [3.05, 3.63) is 46.8 Å². The minimum Gasteiger partial charge on any atom is -0.493 e. The Balaban J connectivity index is 0.00000300. The van der Waals surface area contributed by atoms with E-state index in [1.165, 1.54) is 0 Å². The van der Waals surface area contributed by atoms with Crippen LogP contribution in [0.2, 0.25) is 5.02 Å². The number of benzene rings is 1. The van der Waals surface area contributed by atoms with Crippen molar-refractivity contribution in [2.75, 3.05) is 39.3 Å². The third-order valence-electron chi connectivity index (χ3n) is 4.61. The fraction of sp³-hybridized carbons (Fsp3) is 0.500. The summed E-state index contributed by atoms with van der Waals surface area (Å²) < 4.78 is 10.6. The molecule has 29 heavy (non-hydrogen) atoms. The van der Waals surface area contributed by atoms with E-state index in [0.29, 0.717) is 18.2 Å². The minimum absolute atomic E-state index is 0. The molecule has 3 rings (SSSR count). The van der Waals surface area contributed by atoms with E-state index in [0.717, 1.165) is 62.2 Å². The maximum Gasteiger partial charge on any atom is 0.194 e. The quantitative estimate of drug-likeness (QED) is 0.333. The van der Waals surface area contributed by atoms with Crippen LogP contribution in [-0.2, 0) is 13.1 Å². The lowest BCUT2D eigenvalue weighted by Crippen LogP contribution is -2.52. The van der Waals surface area contributed by atoms with E-state index in [4.69, 9.17) is 25.9 Å². The molecule has 1 fully saturated rings. The van der Waals surface area contributed by atoms with Crippen molar-refractivity contribution >= 4 is 41.5 Å². The van der Waals surface area contributed by atoms with Crippen LogP contribution in [0.15, 0.2) is 40.0 Å². The number of rotatable bonds is 7. The molecule has 0 radical (unpaired) electrons. The summed E-state index contributed by atoms with van der Waals surface area (Å²) >= 11 is 6.10. The summed E-state index contributed by atoms with van der Waals surface area (Å²) in [7, 11) is 0. The number of ether oxygens (including phenoxy) is 1. The standard InChI is InChI=1S/C20H28ClN5O2.HI/c1-3-22-20(23-14-16-5-6-17(21)13-19(16)27-4-2)26-10-8-25(9-11-26)15-18-7-12-28-24-18;/h5-7,12-13H,3-4,8-11,14-15H2,1-2H3,(H,22,23);1H. The van der Waals surface area contributed by atoms with Crippen LogP contribution in [-0.4, -0.2) is 60.2 Å². The monoisotopic (exact) mass is 533 g/mol. The molecule has 9 heteroatoms. The predicted molar refractivity (Wildman–Crippen MR) is 126 cm³/mol. The Morgan fingerprint density at radius 3 is 2.69 bits per heavy atom. The second-order valence-corrected chi connectivity index (χ2v) is 7.05. The molecule has 0 saturated carbocycles. The Bertz CT molecular complexity index is 764. The number of halogens is 2. The molecule has 0 amide bonds. The first-order valence-electron chi connectivity index (χ1n) is 9.75. The molecule has 1 N–H and O–H groups in total. The molecule has 1 aromatic carbocycles. The molecule has 7 nitrogen and oxygen atoms in total. The van der Waals surface area contributed by atoms with E-state index >= 15 is 0 Å². The van der Waals surface area contributed by atoms with Crippen molar-refractivity contribution in [3.63, 3.8) is 0 Å². The molecule has 0 aliphatic carbocycles. The van der Waals surface area contributed by atoms with Gasteiger partial charge in [-0.3, -0.25) is 4.90 Å². The fourth-order valence-corrected chi connectivity index (χ4v) is 3.36. The van der Waals surface area contributed by atoms with Crippen molar-refractivity contribution in [3.8, 4) is 5.75 Å². The number of aliphatic imine (C=N–C) groups is 1. The van der Waals surface area contributed by atoms with Gasteiger partial charge in [-0.1, -0.05) is 22.8 Å². The van der Waals surface area contributed by atoms with Crippen LogP contribution in [0.3, 0.4) is 0 Å². The van der Waals surface area contributed by atoms with E-state index in [-0.39, 0.29) is 24.0 Å². The smallest absolute Gasteiger partial charge is 0.194 e. The van der Waals surface area contributed by atoms with Gasteiger partial charge in [-0.25, -0.2) is 4.99 Å². The maximum atomic E-state index is 6.10. The molecule has 0 spiro atoms. The molecule has 2 heterocycles. The van der Waals surface area contributed by atoms with Gasteiger partial charge in [0, 0.05) is 55.9 Å². The highest BCUT2D eigenvalue weighted by Gasteiger charge is 2.20. The first-order valence-corrected chi connectivity index (χ1v) is 10.1. The largest absolute Gasteiger partial charge is 0.493 e. The Morgan fingerprint density at radius 1 is 1.24 bits per heavy atom. The Hall–Kier alpha value is -1.52. The molecule has 160 valence electrons. The summed E-state index contributed by atoms with van der Waals surface area (Å²) in [6.07, 6.45) is 1.62. The van der Waals surface area contributed by atoms with Crippen molar-refractivity contribution < 1.29 is 9.26 Å². The minimum atomic E-state index is 0. The zero-order valence-corrected chi connectivity index (χ0v) is 20.0. The predicted octanol–water partition coefficient (Wildman–Crippen LogP) is 3.63. The van der Waals surface area contributed by atoms with Crippen molar-refractivity contribution in [2.24, 2.45) is 4.99 Å². The van der Waals surface area contributed by atoms with E-state index in [1.807, 2.05) is 31.2 Å². The van der Waals surface area contributed by atoms with Gasteiger partial charge in [-0.05, 0) is 26.0 Å². The number of nitrogens with zero attached hydrogens (tertiary/aromatic N) is 4. The van der Waals surface area contributed by atoms with Gasteiger partial charge in [0.2, 0.25) is 0 Å². The summed E-state index contributed by atoms with van der Waals surface area (Å²) in [5.41, 5.74) is 2.01. The summed E-state index contributed by atoms with van der Waals surface area (Å²) in [6.45, 7) is 10.6. The highest BCUT2D eigenvalue weighted by atomic mass is 127. The van der Waals surface area contributed by atoms with Crippen LogP contribution >= 0.6 is 35.6 Å². The number of hydrogen-bond acceptors (Lipinski definition) is 5. The second kappa shape index (κ2) is 12.2. The number of nitrogens with one attached hydrogen (secondary N) is 1. The van der Waals surface area contributed by atoms with Crippen LogP contribution in [0.5, 0.6) is 5.75 Å². The van der Waals surface area contributed by atoms with Crippen LogP contribution in [0, 0.1) is 0 Å². The number of hydrogen-bond donors (Lipinski definition) is 1. The summed E-state index contributed by atoms with van der Waals surface area (Å²) in [5, 5.41) is 8.08. The van der Waals surface area contributed by atoms with E-state index < -0.39 is 0 Å². The second-order valence-electron chi connectivity index (χ2n) is 6.61. The lowest BCUT2D eigenvalue weighted by Gasteiger charge is -2.36. The van der Waals surface area contributed by atoms with Crippen molar-refractivity contribution in [2.45, 2.75) is 26.9 Å². The number of piperazine rings is 1. The van der Waals surface area contributed by atoms with E-state index in [1.54, 1.807) is 6.26 Å². The van der Waals surface area contributed by atoms with Crippen molar-refractivity contribution in [1.82, 2.24) is 20.3 Å². The van der Waals surface area contributed by atoms with Crippen LogP contribution in [0.25, 0.3) is 0 Å². The zero-order valence-electron chi connectivity index (χ0n) is 16.9. The van der Waals surface area contributed by atoms with Crippen LogP contribution < -0.4 is 10.1 Å². The molecule has 0 unspecified atom stereocenters. The summed E-state index contributed by atoms with van der Waals surface area (Å²) in [4.78, 5) is 9.53. The van der Waals surface area contributed by atoms with E-state index in [9.17, 15) is 0 Å². The Labute approximate surface area is 194 Å². The fourth-order valence-electron chi connectivity index (χ4n) is 3.20. The van der Waals surface area contributed by atoms with Gasteiger partial charge in [-0.15, -0.1) is 24.0 Å². The highest BCUT2D eigenvalue weighted by molar-refractivity contribution is 14.0. The van der Waals surface area contributed by atoms with E-state index in [2.05, 4.69) is 27.2 Å². The normalized spacial score (nSPS) is 15.1. The number of aromatic nitrogens is 1. The first kappa shape index (κ1) is 23.8. The zero-order chi connectivity index (χ0) is 19.8. The third kappa shape index (κ3) is 7.04. The maximum absolute atomic E-state index is 6.10. The van der Waals surface area contributed by atoms with Crippen LogP contribution in [0.1, 0.15) is 25.1 Å². The Kier molecular flexibility index (Phi) is 10.0. The molecule has 1 saturated heterocycles. The van der Waals surface area contributed by atoms with Crippen LogP contribution in [0.4, 0.5) is 0 Å². The molecule has 0 atom stereocenters. The molecule has 1 aromatic heterocycles. The molecule has 1 aliphatic rings. The number of guanidine groups is 1. The van der Waals surface area contributed by atoms with Gasteiger partial charge in [-0.2, -0.15) is 0 Å². The molecule has 0 bridgehead atoms. The van der Waals surface area contributed by atoms with Gasteiger partial charge < -0.3 is 19.5 Å². The van der Waals surface area contributed by atoms with Gasteiger partial charge in [0.25, 0.3) is 0 Å². The van der Waals surface area contributed by atoms with Gasteiger partial charge in [0.05, 0.1) is 18.8 Å². The van der Waals surface area contributed by atoms with Gasteiger partial charge in [0.15, 0.2) is 5.96 Å². The molecular formula is C20H29ClIN5O2. The average molecular weight is 534 g/mol. The molecule has 1 aliphatic heterocycles. The average Bonchev–Trinajstić information content (AvgIpc) is 3.20. The third-order valence-corrected chi connectivity index (χ3v) is 4.85. The lowest BCUT2D eigenvalue weighted by atomic mass is 10.2. The molecule has 2 aromatic rings. The lowest BCUT2D eigenvalue weighted by molar-refractivity contribution is 0.169. The highest BCUT2D eigenvalue weighted by Crippen LogP contribution is 2.24. The topological polar surface area (TPSA) is 66.1 Å². The van der Waals surface area contributed by atoms with Crippen molar-refractivity contribution in [1.29, 1.82) is 0 Å². The Morgan fingerprint density at radius 2 is 2.03 bits per heavy atom. The summed E-state index contributed by atoms with van der Waals surface area (Å²) in [6, 6.07) is 7.63. The SMILES string of the molecule is CCNC(=NCc1ccc(Cl)cc1OCC)N1CCN(Cc2ccon2)CC1.I.